The lowest BCUT2D eigenvalue weighted by molar-refractivity contribution is 0.265. The molecule has 0 N–H and O–H groups in total. The summed E-state index contributed by atoms with van der Waals surface area (Å²) in [6.45, 7) is 0.723. The molecule has 104 valence electrons. The van der Waals surface area contributed by atoms with E-state index >= 15 is 0 Å². The Kier molecular flexibility index (Phi) is 3.83. The van der Waals surface area contributed by atoms with E-state index in [1.807, 2.05) is 42.5 Å². The maximum Gasteiger partial charge on any atom is 0.122 e. The number of hydrogen-bond acceptors (Lipinski definition) is 2. The van der Waals surface area contributed by atoms with Gasteiger partial charge in [-0.2, -0.15) is 0 Å². The molecule has 0 radical (unpaired) electrons. The molecule has 2 atom stereocenters. The Morgan fingerprint density at radius 3 is 2.65 bits per heavy atom. The van der Waals surface area contributed by atoms with Crippen LogP contribution >= 0.6 is 11.6 Å². The number of fused-ring (bicyclic) bond motifs is 1. The fourth-order valence-corrected chi connectivity index (χ4v) is 3.10. The van der Waals surface area contributed by atoms with Crippen molar-refractivity contribution in [2.75, 3.05) is 13.7 Å². The van der Waals surface area contributed by atoms with Gasteiger partial charge in [-0.3, -0.25) is 0 Å². The van der Waals surface area contributed by atoms with E-state index in [1.54, 1.807) is 7.11 Å². The molecule has 2 nitrogen and oxygen atoms in total. The van der Waals surface area contributed by atoms with Crippen LogP contribution in [0.4, 0.5) is 0 Å². The molecule has 0 spiro atoms. The van der Waals surface area contributed by atoms with E-state index in [2.05, 4.69) is 6.07 Å². The van der Waals surface area contributed by atoms with Crippen molar-refractivity contribution < 1.29 is 9.47 Å². The van der Waals surface area contributed by atoms with Crippen LogP contribution in [0.15, 0.2) is 48.5 Å². The van der Waals surface area contributed by atoms with Crippen LogP contribution < -0.4 is 9.47 Å². The molecule has 1 aliphatic rings. The topological polar surface area (TPSA) is 18.5 Å². The Morgan fingerprint density at radius 2 is 1.90 bits per heavy atom. The minimum absolute atomic E-state index is 0.0500. The van der Waals surface area contributed by atoms with E-state index in [4.69, 9.17) is 21.1 Å². The van der Waals surface area contributed by atoms with Gasteiger partial charge in [0.05, 0.1) is 19.1 Å². The first-order valence-corrected chi connectivity index (χ1v) is 7.23. The predicted molar refractivity (Wildman–Crippen MR) is 80.9 cm³/mol. The van der Waals surface area contributed by atoms with Gasteiger partial charge in [0.25, 0.3) is 0 Å². The standard InChI is InChI=1S/C17H17ClO2/c1-19-13-8-6-12(7-9-13)17(18)15-10-11-20-16-5-3-2-4-14(15)16/h2-9,15,17H,10-11H2,1H3. The molecule has 0 fully saturated rings. The van der Waals surface area contributed by atoms with E-state index in [9.17, 15) is 0 Å². The third-order valence-electron chi connectivity index (χ3n) is 3.79. The van der Waals surface area contributed by atoms with Crippen LogP contribution in [0.25, 0.3) is 0 Å². The average Bonchev–Trinajstić information content (AvgIpc) is 2.54. The minimum atomic E-state index is -0.0500. The van der Waals surface area contributed by atoms with Gasteiger partial charge in [-0.15, -0.1) is 11.6 Å². The van der Waals surface area contributed by atoms with E-state index in [-0.39, 0.29) is 11.3 Å². The van der Waals surface area contributed by atoms with E-state index < -0.39 is 0 Å². The molecule has 1 heterocycles. The minimum Gasteiger partial charge on any atom is -0.497 e. The lowest BCUT2D eigenvalue weighted by atomic mass is 9.87. The smallest absolute Gasteiger partial charge is 0.122 e. The first kappa shape index (κ1) is 13.3. The Morgan fingerprint density at radius 1 is 1.15 bits per heavy atom. The first-order valence-electron chi connectivity index (χ1n) is 6.79. The quantitative estimate of drug-likeness (QED) is 0.772. The number of hydrogen-bond donors (Lipinski definition) is 0. The van der Waals surface area contributed by atoms with Crippen LogP contribution in [-0.2, 0) is 0 Å². The van der Waals surface area contributed by atoms with Gasteiger partial charge in [0, 0.05) is 5.92 Å². The van der Waals surface area contributed by atoms with Gasteiger partial charge in [-0.1, -0.05) is 30.3 Å². The number of rotatable bonds is 3. The number of ether oxygens (including phenoxy) is 2. The van der Waals surface area contributed by atoms with Crippen LogP contribution in [0, 0.1) is 0 Å². The third kappa shape index (κ3) is 2.48. The Balaban J connectivity index is 1.89. The molecule has 0 amide bonds. The highest BCUT2D eigenvalue weighted by Crippen LogP contribution is 2.44. The molecule has 0 bridgehead atoms. The fourth-order valence-electron chi connectivity index (χ4n) is 2.69. The van der Waals surface area contributed by atoms with Crippen LogP contribution in [0.1, 0.15) is 28.8 Å². The lowest BCUT2D eigenvalue weighted by Gasteiger charge is -2.29. The highest BCUT2D eigenvalue weighted by Gasteiger charge is 2.28. The maximum atomic E-state index is 6.71. The molecule has 3 heteroatoms. The van der Waals surface area contributed by atoms with E-state index in [1.165, 1.54) is 5.56 Å². The van der Waals surface area contributed by atoms with Crippen molar-refractivity contribution >= 4 is 11.6 Å². The van der Waals surface area contributed by atoms with Crippen molar-refractivity contribution in [3.8, 4) is 11.5 Å². The lowest BCUT2D eigenvalue weighted by Crippen LogP contribution is -2.17. The zero-order valence-electron chi connectivity index (χ0n) is 11.4. The number of alkyl halides is 1. The highest BCUT2D eigenvalue weighted by atomic mass is 35.5. The zero-order chi connectivity index (χ0) is 13.9. The molecule has 0 aliphatic carbocycles. The summed E-state index contributed by atoms with van der Waals surface area (Å²) < 4.78 is 10.9. The van der Waals surface area contributed by atoms with Gasteiger partial charge in [0.15, 0.2) is 0 Å². The van der Waals surface area contributed by atoms with Crippen molar-refractivity contribution in [3.05, 3.63) is 59.7 Å². The van der Waals surface area contributed by atoms with Crippen molar-refractivity contribution in [3.63, 3.8) is 0 Å². The molecular weight excluding hydrogens is 272 g/mol. The largest absolute Gasteiger partial charge is 0.497 e. The van der Waals surface area contributed by atoms with Gasteiger partial charge in [0.2, 0.25) is 0 Å². The molecule has 0 saturated heterocycles. The Hall–Kier alpha value is -1.67. The maximum absolute atomic E-state index is 6.71. The number of benzene rings is 2. The molecule has 2 aromatic carbocycles. The summed E-state index contributed by atoms with van der Waals surface area (Å²) in [5.41, 5.74) is 2.32. The molecule has 0 aromatic heterocycles. The second kappa shape index (κ2) is 5.76. The fraction of sp³-hybridized carbons (Fsp3) is 0.294. The van der Waals surface area contributed by atoms with Crippen LogP contribution in [0.2, 0.25) is 0 Å². The van der Waals surface area contributed by atoms with Crippen LogP contribution in [-0.4, -0.2) is 13.7 Å². The normalized spacial score (nSPS) is 18.8. The Bertz CT molecular complexity index is 580. The molecule has 1 aliphatic heterocycles. The second-order valence-corrected chi connectivity index (χ2v) is 5.43. The van der Waals surface area contributed by atoms with Crippen LogP contribution in [0.3, 0.4) is 0 Å². The molecule has 2 unspecified atom stereocenters. The van der Waals surface area contributed by atoms with Gasteiger partial charge >= 0.3 is 0 Å². The summed E-state index contributed by atoms with van der Waals surface area (Å²) in [4.78, 5) is 0. The summed E-state index contributed by atoms with van der Waals surface area (Å²) in [5.74, 6) is 2.10. The van der Waals surface area contributed by atoms with E-state index in [0.717, 1.165) is 30.1 Å². The molecule has 3 rings (SSSR count). The van der Waals surface area contributed by atoms with Crippen molar-refractivity contribution in [1.29, 1.82) is 0 Å². The summed E-state index contributed by atoms with van der Waals surface area (Å²) in [6, 6.07) is 16.1. The second-order valence-electron chi connectivity index (χ2n) is 4.96. The van der Waals surface area contributed by atoms with Crippen molar-refractivity contribution in [2.24, 2.45) is 0 Å². The predicted octanol–water partition coefficient (Wildman–Crippen LogP) is 4.54. The SMILES string of the molecule is COc1ccc(C(Cl)C2CCOc3ccccc32)cc1. The third-order valence-corrected chi connectivity index (χ3v) is 4.35. The van der Waals surface area contributed by atoms with Gasteiger partial charge in [-0.25, -0.2) is 0 Å². The monoisotopic (exact) mass is 288 g/mol. The number of halogens is 1. The number of methoxy groups -OCH3 is 1. The van der Waals surface area contributed by atoms with Gasteiger partial charge < -0.3 is 9.47 Å². The van der Waals surface area contributed by atoms with Crippen LogP contribution in [0.5, 0.6) is 11.5 Å². The zero-order valence-corrected chi connectivity index (χ0v) is 12.1. The highest BCUT2D eigenvalue weighted by molar-refractivity contribution is 6.21. The van der Waals surface area contributed by atoms with Gasteiger partial charge in [-0.05, 0) is 35.7 Å². The molecule has 2 aromatic rings. The summed E-state index contributed by atoms with van der Waals surface area (Å²) in [5, 5.41) is -0.0500. The summed E-state index contributed by atoms with van der Waals surface area (Å²) in [7, 11) is 1.67. The van der Waals surface area contributed by atoms with E-state index in [0.29, 0.717) is 0 Å². The summed E-state index contributed by atoms with van der Waals surface area (Å²) in [6.07, 6.45) is 0.942. The van der Waals surface area contributed by atoms with Gasteiger partial charge in [0.1, 0.15) is 11.5 Å². The molecular formula is C17H17ClO2. The van der Waals surface area contributed by atoms with Crippen molar-refractivity contribution in [2.45, 2.75) is 17.7 Å². The molecule has 20 heavy (non-hydrogen) atoms. The Labute approximate surface area is 124 Å². The summed E-state index contributed by atoms with van der Waals surface area (Å²) >= 11 is 6.71. The average molecular weight is 289 g/mol. The number of para-hydroxylation sites is 1. The first-order chi connectivity index (χ1) is 9.79. The van der Waals surface area contributed by atoms with Crippen molar-refractivity contribution in [1.82, 2.24) is 0 Å². The molecule has 0 saturated carbocycles.